The van der Waals surface area contributed by atoms with Crippen LogP contribution in [0.4, 0.5) is 0 Å². The summed E-state index contributed by atoms with van der Waals surface area (Å²) in [6.45, 7) is 12.4. The van der Waals surface area contributed by atoms with E-state index in [2.05, 4.69) is 47.6 Å². The fraction of sp³-hybridized carbons (Fsp3) is 0.556. The number of hydrogen-bond donors (Lipinski definition) is 1. The molecule has 1 unspecified atom stereocenters. The smallest absolute Gasteiger partial charge is 0.0900 e. The van der Waals surface area contributed by atoms with Gasteiger partial charge in [0.2, 0.25) is 0 Å². The lowest BCUT2D eigenvalue weighted by Crippen LogP contribution is -2.48. The zero-order chi connectivity index (χ0) is 15.8. The van der Waals surface area contributed by atoms with E-state index in [9.17, 15) is 5.11 Å². The van der Waals surface area contributed by atoms with Crippen LogP contribution in [0, 0.1) is 6.92 Å². The van der Waals surface area contributed by atoms with Crippen LogP contribution in [-0.2, 0) is 11.3 Å². The molecule has 1 fully saturated rings. The largest absolute Gasteiger partial charge is 0.389 e. The van der Waals surface area contributed by atoms with E-state index in [0.29, 0.717) is 19.8 Å². The molecule has 1 aromatic carbocycles. The van der Waals surface area contributed by atoms with Gasteiger partial charge in [-0.05, 0) is 12.5 Å². The minimum Gasteiger partial charge on any atom is -0.389 e. The molecule has 122 valence electrons. The standard InChI is InChI=1S/C18H28N2O2/c1-3-11-22-15-18(21)14-20-9-7-19(8-10-20)13-17-6-4-5-16(2)12-17/h3-6,12,18,21H,1,7-11,13-15H2,2H3. The van der Waals surface area contributed by atoms with E-state index in [1.165, 1.54) is 11.1 Å². The summed E-state index contributed by atoms with van der Waals surface area (Å²) in [5.41, 5.74) is 2.70. The molecule has 1 aliphatic heterocycles. The molecule has 22 heavy (non-hydrogen) atoms. The summed E-state index contributed by atoms with van der Waals surface area (Å²) in [4.78, 5) is 4.79. The van der Waals surface area contributed by atoms with Gasteiger partial charge in [0.1, 0.15) is 0 Å². The van der Waals surface area contributed by atoms with Crippen molar-refractivity contribution in [1.29, 1.82) is 0 Å². The predicted molar refractivity (Wildman–Crippen MR) is 89.9 cm³/mol. The second-order valence-corrected chi connectivity index (χ2v) is 6.05. The number of benzene rings is 1. The SMILES string of the molecule is C=CCOCC(O)CN1CCN(Cc2cccc(C)c2)CC1. The first kappa shape index (κ1) is 17.2. The highest BCUT2D eigenvalue weighted by Crippen LogP contribution is 2.10. The van der Waals surface area contributed by atoms with Crippen molar-refractivity contribution in [1.82, 2.24) is 9.80 Å². The van der Waals surface area contributed by atoms with E-state index in [4.69, 9.17) is 4.74 Å². The Morgan fingerprint density at radius 2 is 2.00 bits per heavy atom. The van der Waals surface area contributed by atoms with Crippen LogP contribution < -0.4 is 0 Å². The summed E-state index contributed by atoms with van der Waals surface area (Å²) >= 11 is 0. The number of hydrogen-bond acceptors (Lipinski definition) is 4. The lowest BCUT2D eigenvalue weighted by molar-refractivity contribution is 0.0142. The lowest BCUT2D eigenvalue weighted by atomic mass is 10.1. The molecule has 0 amide bonds. The van der Waals surface area contributed by atoms with Gasteiger partial charge in [-0.25, -0.2) is 0 Å². The average Bonchev–Trinajstić information content (AvgIpc) is 2.50. The van der Waals surface area contributed by atoms with Crippen LogP contribution in [-0.4, -0.2) is 66.9 Å². The van der Waals surface area contributed by atoms with Gasteiger partial charge in [-0.15, -0.1) is 6.58 Å². The van der Waals surface area contributed by atoms with E-state index in [-0.39, 0.29) is 0 Å². The molecule has 0 aromatic heterocycles. The van der Waals surface area contributed by atoms with Crippen LogP contribution in [0.3, 0.4) is 0 Å². The van der Waals surface area contributed by atoms with E-state index >= 15 is 0 Å². The van der Waals surface area contributed by atoms with Crippen molar-refractivity contribution in [2.24, 2.45) is 0 Å². The molecule has 2 rings (SSSR count). The van der Waals surface area contributed by atoms with Gasteiger partial charge in [0, 0.05) is 39.3 Å². The second kappa shape index (κ2) is 9.06. The molecule has 1 N–H and O–H groups in total. The molecule has 0 bridgehead atoms. The van der Waals surface area contributed by atoms with Gasteiger partial charge in [0.05, 0.1) is 19.3 Å². The average molecular weight is 304 g/mol. The van der Waals surface area contributed by atoms with Crippen molar-refractivity contribution in [2.75, 3.05) is 45.9 Å². The molecule has 1 aromatic rings. The Bertz CT molecular complexity index is 456. The summed E-state index contributed by atoms with van der Waals surface area (Å²) in [7, 11) is 0. The van der Waals surface area contributed by atoms with Crippen LogP contribution in [0.2, 0.25) is 0 Å². The fourth-order valence-corrected chi connectivity index (χ4v) is 2.84. The zero-order valence-corrected chi connectivity index (χ0v) is 13.6. The highest BCUT2D eigenvalue weighted by molar-refractivity contribution is 5.22. The molecule has 1 aliphatic rings. The Labute approximate surface area is 134 Å². The van der Waals surface area contributed by atoms with E-state index in [1.807, 2.05) is 0 Å². The molecule has 0 saturated carbocycles. The maximum atomic E-state index is 9.95. The fourth-order valence-electron chi connectivity index (χ4n) is 2.84. The highest BCUT2D eigenvalue weighted by atomic mass is 16.5. The van der Waals surface area contributed by atoms with Gasteiger partial charge >= 0.3 is 0 Å². The minimum absolute atomic E-state index is 0.384. The molecule has 4 nitrogen and oxygen atoms in total. The normalized spacial score (nSPS) is 18.3. The number of aliphatic hydroxyl groups is 1. The summed E-state index contributed by atoms with van der Waals surface area (Å²) in [6, 6.07) is 8.71. The third kappa shape index (κ3) is 5.89. The number of rotatable bonds is 8. The molecular formula is C18H28N2O2. The van der Waals surface area contributed by atoms with Gasteiger partial charge in [0.25, 0.3) is 0 Å². The first-order chi connectivity index (χ1) is 10.7. The summed E-state index contributed by atoms with van der Waals surface area (Å²) < 4.78 is 5.29. The molecule has 0 spiro atoms. The maximum absolute atomic E-state index is 9.95. The minimum atomic E-state index is -0.414. The quantitative estimate of drug-likeness (QED) is 0.585. The monoisotopic (exact) mass is 304 g/mol. The van der Waals surface area contributed by atoms with Crippen LogP contribution >= 0.6 is 0 Å². The lowest BCUT2D eigenvalue weighted by Gasteiger charge is -2.35. The number of β-amino-alcohol motifs (C(OH)–C–C–N with tert-alkyl or cyclic N) is 1. The Hall–Kier alpha value is -1.20. The van der Waals surface area contributed by atoms with Crippen LogP contribution in [0.5, 0.6) is 0 Å². The van der Waals surface area contributed by atoms with Crippen molar-refractivity contribution >= 4 is 0 Å². The number of aryl methyl sites for hydroxylation is 1. The van der Waals surface area contributed by atoms with Gasteiger partial charge in [0.15, 0.2) is 0 Å². The number of piperazine rings is 1. The molecule has 1 atom stereocenters. The van der Waals surface area contributed by atoms with E-state index < -0.39 is 6.10 Å². The predicted octanol–water partition coefficient (Wildman–Crippen LogP) is 1.68. The van der Waals surface area contributed by atoms with Crippen LogP contribution in [0.1, 0.15) is 11.1 Å². The molecule has 1 saturated heterocycles. The summed E-state index contributed by atoms with van der Waals surface area (Å²) in [6.07, 6.45) is 1.29. The third-order valence-electron chi connectivity index (χ3n) is 3.97. The Kier molecular flexibility index (Phi) is 7.06. The first-order valence-corrected chi connectivity index (χ1v) is 8.04. The van der Waals surface area contributed by atoms with E-state index in [0.717, 1.165) is 32.7 Å². The second-order valence-electron chi connectivity index (χ2n) is 6.05. The topological polar surface area (TPSA) is 35.9 Å². The maximum Gasteiger partial charge on any atom is 0.0900 e. The molecular weight excluding hydrogens is 276 g/mol. The molecule has 4 heteroatoms. The number of nitrogens with zero attached hydrogens (tertiary/aromatic N) is 2. The molecule has 0 radical (unpaired) electrons. The van der Waals surface area contributed by atoms with Crippen molar-refractivity contribution < 1.29 is 9.84 Å². The molecule has 0 aliphatic carbocycles. The van der Waals surface area contributed by atoms with Crippen LogP contribution in [0.25, 0.3) is 0 Å². The van der Waals surface area contributed by atoms with Crippen molar-refractivity contribution in [3.8, 4) is 0 Å². The Morgan fingerprint density at radius 3 is 2.68 bits per heavy atom. The van der Waals surface area contributed by atoms with Gasteiger partial charge in [-0.3, -0.25) is 9.80 Å². The highest BCUT2D eigenvalue weighted by Gasteiger charge is 2.19. The van der Waals surface area contributed by atoms with Crippen molar-refractivity contribution in [3.63, 3.8) is 0 Å². The first-order valence-electron chi connectivity index (χ1n) is 8.04. The van der Waals surface area contributed by atoms with Gasteiger partial charge < -0.3 is 9.84 Å². The summed E-state index contributed by atoms with van der Waals surface area (Å²) in [5.74, 6) is 0. The Morgan fingerprint density at radius 1 is 1.27 bits per heavy atom. The Balaban J connectivity index is 1.68. The van der Waals surface area contributed by atoms with Crippen molar-refractivity contribution in [3.05, 3.63) is 48.0 Å². The number of ether oxygens (including phenoxy) is 1. The third-order valence-corrected chi connectivity index (χ3v) is 3.97. The zero-order valence-electron chi connectivity index (χ0n) is 13.6. The molecule has 1 heterocycles. The van der Waals surface area contributed by atoms with Gasteiger partial charge in [-0.2, -0.15) is 0 Å². The van der Waals surface area contributed by atoms with E-state index in [1.54, 1.807) is 6.08 Å². The van der Waals surface area contributed by atoms with Gasteiger partial charge in [-0.1, -0.05) is 35.9 Å². The number of aliphatic hydroxyl groups excluding tert-OH is 1. The summed E-state index contributed by atoms with van der Waals surface area (Å²) in [5, 5.41) is 9.95. The van der Waals surface area contributed by atoms with Crippen molar-refractivity contribution in [2.45, 2.75) is 19.6 Å². The van der Waals surface area contributed by atoms with Crippen LogP contribution in [0.15, 0.2) is 36.9 Å².